The highest BCUT2D eigenvalue weighted by Crippen LogP contribution is 2.36. The molecule has 1 aliphatic heterocycles. The average Bonchev–Trinajstić information content (AvgIpc) is 2.63. The fourth-order valence-corrected chi connectivity index (χ4v) is 2.87. The monoisotopic (exact) mass is 181 g/mol. The van der Waals surface area contributed by atoms with Crippen molar-refractivity contribution in [2.45, 2.75) is 38.1 Å². The molecule has 2 fully saturated rings. The summed E-state index contributed by atoms with van der Waals surface area (Å²) >= 11 is 0. The smallest absolute Gasteiger partial charge is 0.191 e. The van der Waals surface area contributed by atoms with Crippen LogP contribution in [0.3, 0.4) is 0 Å². The van der Waals surface area contributed by atoms with Gasteiger partial charge < -0.3 is 10.6 Å². The summed E-state index contributed by atoms with van der Waals surface area (Å²) in [6.45, 7) is 1.12. The van der Waals surface area contributed by atoms with Gasteiger partial charge in [-0.2, -0.15) is 0 Å². The molecule has 2 aliphatic rings. The van der Waals surface area contributed by atoms with Crippen LogP contribution in [0.4, 0.5) is 0 Å². The Labute approximate surface area is 80.0 Å². The first kappa shape index (κ1) is 8.85. The molecule has 0 amide bonds. The van der Waals surface area contributed by atoms with Crippen LogP contribution in [0.25, 0.3) is 0 Å². The van der Waals surface area contributed by atoms with E-state index in [4.69, 9.17) is 5.73 Å². The Balaban J connectivity index is 2.09. The Morgan fingerprint density at radius 2 is 2.08 bits per heavy atom. The summed E-state index contributed by atoms with van der Waals surface area (Å²) in [6, 6.07) is 0.706. The van der Waals surface area contributed by atoms with Gasteiger partial charge in [-0.3, -0.25) is 4.99 Å². The van der Waals surface area contributed by atoms with Crippen LogP contribution in [-0.4, -0.2) is 30.5 Å². The second-order valence-electron chi connectivity index (χ2n) is 4.18. The van der Waals surface area contributed by atoms with E-state index in [2.05, 4.69) is 9.89 Å². The third-order valence-corrected chi connectivity index (χ3v) is 3.52. The Bertz CT molecular complexity index is 212. The maximum atomic E-state index is 5.88. The molecule has 13 heavy (non-hydrogen) atoms. The van der Waals surface area contributed by atoms with Gasteiger partial charge in [-0.15, -0.1) is 0 Å². The molecule has 0 aromatic carbocycles. The third kappa shape index (κ3) is 1.52. The van der Waals surface area contributed by atoms with Gasteiger partial charge in [0.2, 0.25) is 0 Å². The minimum atomic E-state index is 0.706. The van der Waals surface area contributed by atoms with Crippen LogP contribution >= 0.6 is 0 Å². The Hall–Kier alpha value is -0.730. The van der Waals surface area contributed by atoms with Crippen molar-refractivity contribution in [3.63, 3.8) is 0 Å². The minimum Gasteiger partial charge on any atom is -0.370 e. The normalized spacial score (nSPS) is 34.8. The zero-order valence-corrected chi connectivity index (χ0v) is 8.37. The van der Waals surface area contributed by atoms with E-state index in [-0.39, 0.29) is 0 Å². The number of aliphatic imine (C=N–C) groups is 1. The highest BCUT2D eigenvalue weighted by molar-refractivity contribution is 5.78. The molecule has 2 N–H and O–H groups in total. The molecule has 1 saturated heterocycles. The van der Waals surface area contributed by atoms with E-state index >= 15 is 0 Å². The quantitative estimate of drug-likeness (QED) is 0.450. The van der Waals surface area contributed by atoms with Crippen molar-refractivity contribution in [2.75, 3.05) is 13.6 Å². The van der Waals surface area contributed by atoms with Crippen molar-refractivity contribution in [1.82, 2.24) is 4.90 Å². The van der Waals surface area contributed by atoms with Crippen molar-refractivity contribution in [3.05, 3.63) is 0 Å². The summed E-state index contributed by atoms with van der Waals surface area (Å²) in [5, 5.41) is 0. The zero-order chi connectivity index (χ0) is 9.26. The standard InChI is InChI=1S/C10H19N3/c1-12-10(11)13-7-3-5-8-4-2-6-9(8)13/h8-9H,2-7H2,1H3,(H2,11,12). The van der Waals surface area contributed by atoms with E-state index in [0.29, 0.717) is 6.04 Å². The SMILES string of the molecule is CN=C(N)N1CCCC2CCCC21. The number of guanidine groups is 1. The van der Waals surface area contributed by atoms with E-state index < -0.39 is 0 Å². The molecular weight excluding hydrogens is 162 g/mol. The van der Waals surface area contributed by atoms with Crippen LogP contribution in [0.5, 0.6) is 0 Å². The molecule has 3 nitrogen and oxygen atoms in total. The van der Waals surface area contributed by atoms with Gasteiger partial charge in [-0.1, -0.05) is 6.42 Å². The second kappa shape index (κ2) is 3.56. The van der Waals surface area contributed by atoms with Crippen LogP contribution in [0.1, 0.15) is 32.1 Å². The van der Waals surface area contributed by atoms with E-state index in [1.54, 1.807) is 7.05 Å². The number of piperidine rings is 1. The molecule has 2 atom stereocenters. The molecule has 0 radical (unpaired) electrons. The molecule has 1 heterocycles. The van der Waals surface area contributed by atoms with Crippen molar-refractivity contribution >= 4 is 5.96 Å². The van der Waals surface area contributed by atoms with Crippen molar-refractivity contribution in [1.29, 1.82) is 0 Å². The molecule has 74 valence electrons. The Morgan fingerprint density at radius 3 is 2.85 bits per heavy atom. The van der Waals surface area contributed by atoms with E-state index in [0.717, 1.165) is 18.4 Å². The predicted octanol–water partition coefficient (Wildman–Crippen LogP) is 1.20. The average molecular weight is 181 g/mol. The number of hydrogen-bond donors (Lipinski definition) is 1. The molecule has 0 bridgehead atoms. The maximum Gasteiger partial charge on any atom is 0.191 e. The third-order valence-electron chi connectivity index (χ3n) is 3.52. The van der Waals surface area contributed by atoms with Gasteiger partial charge in [0.1, 0.15) is 0 Å². The molecule has 1 saturated carbocycles. The highest BCUT2D eigenvalue weighted by atomic mass is 15.3. The summed E-state index contributed by atoms with van der Waals surface area (Å²) in [5.74, 6) is 1.64. The van der Waals surface area contributed by atoms with Crippen LogP contribution in [-0.2, 0) is 0 Å². The number of fused-ring (bicyclic) bond motifs is 1. The number of rotatable bonds is 0. The van der Waals surface area contributed by atoms with Gasteiger partial charge in [0, 0.05) is 19.6 Å². The minimum absolute atomic E-state index is 0.706. The molecular formula is C10H19N3. The van der Waals surface area contributed by atoms with E-state index in [9.17, 15) is 0 Å². The summed E-state index contributed by atoms with van der Waals surface area (Å²) in [4.78, 5) is 6.41. The lowest BCUT2D eigenvalue weighted by Gasteiger charge is -2.38. The van der Waals surface area contributed by atoms with Crippen LogP contribution < -0.4 is 5.73 Å². The number of hydrogen-bond acceptors (Lipinski definition) is 1. The predicted molar refractivity (Wildman–Crippen MR) is 54.6 cm³/mol. The molecule has 3 heteroatoms. The molecule has 0 spiro atoms. The Kier molecular flexibility index (Phi) is 2.42. The fraction of sp³-hybridized carbons (Fsp3) is 0.900. The zero-order valence-electron chi connectivity index (χ0n) is 8.37. The number of likely N-dealkylation sites (tertiary alicyclic amines) is 1. The molecule has 0 aromatic rings. The van der Waals surface area contributed by atoms with E-state index in [1.807, 2.05) is 0 Å². The lowest BCUT2D eigenvalue weighted by molar-refractivity contribution is 0.189. The van der Waals surface area contributed by atoms with Crippen LogP contribution in [0, 0.1) is 5.92 Å². The number of nitrogens with two attached hydrogens (primary N) is 1. The fourth-order valence-electron chi connectivity index (χ4n) is 2.87. The lowest BCUT2D eigenvalue weighted by Crippen LogP contribution is -2.49. The first-order valence-corrected chi connectivity index (χ1v) is 5.32. The summed E-state index contributed by atoms with van der Waals surface area (Å²) in [6.07, 6.45) is 6.79. The molecule has 2 rings (SSSR count). The lowest BCUT2D eigenvalue weighted by atomic mass is 9.92. The first-order chi connectivity index (χ1) is 6.33. The topological polar surface area (TPSA) is 41.6 Å². The molecule has 0 aromatic heterocycles. The van der Waals surface area contributed by atoms with Gasteiger partial charge >= 0.3 is 0 Å². The van der Waals surface area contributed by atoms with Crippen molar-refractivity contribution in [3.8, 4) is 0 Å². The maximum absolute atomic E-state index is 5.88. The molecule has 2 unspecified atom stereocenters. The van der Waals surface area contributed by atoms with Crippen LogP contribution in [0.15, 0.2) is 4.99 Å². The van der Waals surface area contributed by atoms with Crippen molar-refractivity contribution in [2.24, 2.45) is 16.6 Å². The summed E-state index contributed by atoms with van der Waals surface area (Å²) < 4.78 is 0. The van der Waals surface area contributed by atoms with E-state index in [1.165, 1.54) is 32.1 Å². The first-order valence-electron chi connectivity index (χ1n) is 5.32. The van der Waals surface area contributed by atoms with Gasteiger partial charge in [0.05, 0.1) is 0 Å². The van der Waals surface area contributed by atoms with Crippen LogP contribution in [0.2, 0.25) is 0 Å². The van der Waals surface area contributed by atoms with Gasteiger partial charge in [0.15, 0.2) is 5.96 Å². The highest BCUT2D eigenvalue weighted by Gasteiger charge is 2.35. The number of nitrogens with zero attached hydrogens (tertiary/aromatic N) is 2. The van der Waals surface area contributed by atoms with Gasteiger partial charge in [-0.25, -0.2) is 0 Å². The van der Waals surface area contributed by atoms with Gasteiger partial charge in [0.25, 0.3) is 0 Å². The Morgan fingerprint density at radius 1 is 1.31 bits per heavy atom. The van der Waals surface area contributed by atoms with Crippen molar-refractivity contribution < 1.29 is 0 Å². The van der Waals surface area contributed by atoms with Gasteiger partial charge in [-0.05, 0) is 31.6 Å². The second-order valence-corrected chi connectivity index (χ2v) is 4.18. The largest absolute Gasteiger partial charge is 0.370 e. The summed E-state index contributed by atoms with van der Waals surface area (Å²) in [5.41, 5.74) is 5.88. The summed E-state index contributed by atoms with van der Waals surface area (Å²) in [7, 11) is 1.79. The molecule has 1 aliphatic carbocycles.